The van der Waals surface area contributed by atoms with Crippen molar-refractivity contribution >= 4 is 34.9 Å². The van der Waals surface area contributed by atoms with Crippen molar-refractivity contribution in [2.75, 3.05) is 56.9 Å². The van der Waals surface area contributed by atoms with Crippen molar-refractivity contribution in [2.45, 2.75) is 156 Å². The number of carbonyl (C=O) groups is 2. The second kappa shape index (κ2) is 24.9. The summed E-state index contributed by atoms with van der Waals surface area (Å²) in [5.41, 5.74) is 10.2. The Balaban J connectivity index is 0.691. The predicted octanol–water partition coefficient (Wildman–Crippen LogP) is 9.59. The second-order valence-corrected chi connectivity index (χ2v) is 21.5. The average molecular weight is 939 g/mol. The first kappa shape index (κ1) is 51.4. The zero-order valence-corrected chi connectivity index (χ0v) is 42.2. The number of benzene rings is 1. The molecular formula is C54H86N10O4. The number of carbonyl (C=O) groups excluding carboxylic acids is 2. The number of hydrogen-bond donors (Lipinski definition) is 7. The summed E-state index contributed by atoms with van der Waals surface area (Å²) in [6, 6.07) is 7.11. The number of imidazole rings is 1. The number of ether oxygens (including phenoxy) is 1. The zero-order valence-electron chi connectivity index (χ0n) is 42.2. The maximum atomic E-state index is 12.8. The quantitative estimate of drug-likeness (QED) is 0.0299. The lowest BCUT2D eigenvalue weighted by Crippen LogP contribution is -2.48. The van der Waals surface area contributed by atoms with Crippen LogP contribution in [0.5, 0.6) is 6.01 Å². The van der Waals surface area contributed by atoms with E-state index in [9.17, 15) is 14.7 Å². The van der Waals surface area contributed by atoms with E-state index in [1.165, 1.54) is 51.4 Å². The lowest BCUT2D eigenvalue weighted by molar-refractivity contribution is -0.0182. The summed E-state index contributed by atoms with van der Waals surface area (Å²) in [4.78, 5) is 38.6. The topological polar surface area (TPSA) is 193 Å². The summed E-state index contributed by atoms with van der Waals surface area (Å²) in [6.45, 7) is 17.8. The molecule has 14 heteroatoms. The molecule has 0 spiro atoms. The number of amides is 2. The number of rotatable bonds is 26. The fourth-order valence-electron chi connectivity index (χ4n) is 12.6. The molecule has 376 valence electrons. The highest BCUT2D eigenvalue weighted by Crippen LogP contribution is 2.63. The SMILES string of the molecule is CCCCNc1nc(N)c2nc(O)n(Cc3ccc(C(=O)NCCCNCCCCNCCCNC(=O)O[C@H]4CC[C@@]5(C)C(=CC[C@H]6[C@@H]7CC[C@H]([C@H](C)CCCC(C)C)[C@H]7CC[C@@H]65)C4)cc3)c2n1. The number of nitrogens with one attached hydrogen (secondary N) is 5. The number of allylic oxidation sites excluding steroid dienone is 1. The molecule has 7 rings (SSSR count). The molecule has 8 N–H and O–H groups in total. The van der Waals surface area contributed by atoms with Crippen molar-refractivity contribution in [2.24, 2.45) is 46.8 Å². The number of anilines is 2. The zero-order chi connectivity index (χ0) is 48.0. The van der Waals surface area contributed by atoms with Gasteiger partial charge in [-0.25, -0.2) is 4.79 Å². The van der Waals surface area contributed by atoms with Crippen LogP contribution >= 0.6 is 0 Å². The van der Waals surface area contributed by atoms with Crippen LogP contribution in [-0.2, 0) is 11.3 Å². The first-order chi connectivity index (χ1) is 32.9. The fourth-order valence-corrected chi connectivity index (χ4v) is 12.6. The van der Waals surface area contributed by atoms with Gasteiger partial charge in [0.1, 0.15) is 6.10 Å². The molecule has 4 aliphatic carbocycles. The van der Waals surface area contributed by atoms with E-state index < -0.39 is 0 Å². The van der Waals surface area contributed by atoms with E-state index in [2.05, 4.69) is 82.2 Å². The Morgan fingerprint density at radius 3 is 2.28 bits per heavy atom. The average Bonchev–Trinajstić information content (AvgIpc) is 3.90. The van der Waals surface area contributed by atoms with Crippen molar-refractivity contribution in [3.63, 3.8) is 0 Å². The van der Waals surface area contributed by atoms with E-state index in [0.29, 0.717) is 42.3 Å². The summed E-state index contributed by atoms with van der Waals surface area (Å²) in [7, 11) is 0. The lowest BCUT2D eigenvalue weighted by Gasteiger charge is -2.55. The minimum atomic E-state index is -0.265. The number of alkyl carbamates (subject to hydrolysis) is 1. The van der Waals surface area contributed by atoms with Gasteiger partial charge in [0, 0.05) is 31.6 Å². The molecule has 3 aromatic rings. The van der Waals surface area contributed by atoms with Gasteiger partial charge in [0.15, 0.2) is 17.0 Å². The minimum Gasteiger partial charge on any atom is -0.480 e. The van der Waals surface area contributed by atoms with Crippen molar-refractivity contribution in [3.05, 3.63) is 47.0 Å². The van der Waals surface area contributed by atoms with Crippen molar-refractivity contribution < 1.29 is 19.4 Å². The number of fused-ring (bicyclic) bond motifs is 6. The molecule has 0 aliphatic heterocycles. The highest BCUT2D eigenvalue weighted by molar-refractivity contribution is 5.94. The molecule has 1 aromatic carbocycles. The van der Waals surface area contributed by atoms with Crippen molar-refractivity contribution in [3.8, 4) is 6.01 Å². The number of aromatic hydroxyl groups is 1. The van der Waals surface area contributed by atoms with Gasteiger partial charge in [0.05, 0.1) is 6.54 Å². The first-order valence-electron chi connectivity index (χ1n) is 26.8. The molecule has 14 nitrogen and oxygen atoms in total. The summed E-state index contributed by atoms with van der Waals surface area (Å²) in [5, 5.41) is 26.8. The molecule has 0 bridgehead atoms. The van der Waals surface area contributed by atoms with Crippen LogP contribution in [0.15, 0.2) is 35.9 Å². The van der Waals surface area contributed by atoms with Crippen LogP contribution in [0.2, 0.25) is 0 Å². The molecule has 0 saturated heterocycles. The van der Waals surface area contributed by atoms with Gasteiger partial charge in [-0.15, -0.1) is 0 Å². The maximum Gasteiger partial charge on any atom is 0.407 e. The third-order valence-corrected chi connectivity index (χ3v) is 16.4. The Morgan fingerprint density at radius 1 is 0.824 bits per heavy atom. The number of aromatic nitrogens is 4. The molecule has 2 aromatic heterocycles. The normalized spacial score (nSPS) is 24.8. The van der Waals surface area contributed by atoms with Gasteiger partial charge in [0.25, 0.3) is 11.9 Å². The summed E-state index contributed by atoms with van der Waals surface area (Å²) in [6.07, 6.45) is 22.4. The highest BCUT2D eigenvalue weighted by atomic mass is 16.6. The van der Waals surface area contributed by atoms with E-state index in [1.807, 2.05) is 12.1 Å². The van der Waals surface area contributed by atoms with Crippen LogP contribution in [0, 0.1) is 46.8 Å². The summed E-state index contributed by atoms with van der Waals surface area (Å²) < 4.78 is 7.60. The van der Waals surface area contributed by atoms with E-state index in [1.54, 1.807) is 22.3 Å². The third-order valence-electron chi connectivity index (χ3n) is 16.4. The molecule has 2 heterocycles. The minimum absolute atomic E-state index is 0.00985. The second-order valence-electron chi connectivity index (χ2n) is 21.5. The number of unbranched alkanes of at least 4 members (excludes halogenated alkanes) is 2. The van der Waals surface area contributed by atoms with E-state index in [4.69, 9.17) is 10.5 Å². The Kier molecular flexibility index (Phi) is 18.8. The van der Waals surface area contributed by atoms with Crippen LogP contribution in [-0.4, -0.2) is 88.5 Å². The summed E-state index contributed by atoms with van der Waals surface area (Å²) in [5.74, 6) is 6.65. The van der Waals surface area contributed by atoms with Gasteiger partial charge in [0.2, 0.25) is 5.95 Å². The van der Waals surface area contributed by atoms with Crippen molar-refractivity contribution in [1.29, 1.82) is 0 Å². The predicted molar refractivity (Wildman–Crippen MR) is 274 cm³/mol. The highest BCUT2D eigenvalue weighted by Gasteiger charge is 2.54. The van der Waals surface area contributed by atoms with Gasteiger partial charge >= 0.3 is 6.09 Å². The molecular weight excluding hydrogens is 853 g/mol. The van der Waals surface area contributed by atoms with Gasteiger partial charge in [-0.1, -0.05) is 84.1 Å². The Labute approximate surface area is 407 Å². The molecule has 8 atom stereocenters. The van der Waals surface area contributed by atoms with E-state index in [0.717, 1.165) is 137 Å². The largest absolute Gasteiger partial charge is 0.480 e. The Hall–Kier alpha value is -4.43. The van der Waals surface area contributed by atoms with E-state index >= 15 is 0 Å². The molecule has 4 aliphatic rings. The van der Waals surface area contributed by atoms with Gasteiger partial charge in [-0.2, -0.15) is 15.0 Å². The first-order valence-corrected chi connectivity index (χ1v) is 26.8. The smallest absolute Gasteiger partial charge is 0.407 e. The fraction of sp³-hybridized carbons (Fsp3) is 0.722. The number of nitrogens with zero attached hydrogens (tertiary/aromatic N) is 4. The maximum absolute atomic E-state index is 12.8. The Morgan fingerprint density at radius 2 is 1.54 bits per heavy atom. The van der Waals surface area contributed by atoms with E-state index in [-0.39, 0.29) is 35.3 Å². The molecule has 0 radical (unpaired) electrons. The standard InChI is InChI=1S/C54H86N10O4/c1-6-7-31-59-51-62-48(55)47-49(63-51)64(52(66)61-47)35-38-15-17-39(18-16-38)50(65)58-32-11-29-56-27-8-9-28-57-30-12-33-60-53(67)68-41-25-26-54(5)40(34-41)19-20-45-44-22-21-42(43(44)23-24-46(45)54)37(4)14-10-13-36(2)3/h15-19,36-37,41-46,56-57H,6-14,20-35H2,1-5H3,(H,58,65)(H,60,67)(H,61,66)(H3,55,59,62,63)/t37-,41+,42-,43-,44-,45+,46+,54+/m1/s1. The van der Waals surface area contributed by atoms with Gasteiger partial charge < -0.3 is 42.2 Å². The van der Waals surface area contributed by atoms with Crippen LogP contribution in [0.4, 0.5) is 16.6 Å². The van der Waals surface area contributed by atoms with Gasteiger partial charge in [-0.05, 0) is 168 Å². The molecule has 3 fully saturated rings. The lowest BCUT2D eigenvalue weighted by atomic mass is 9.50. The monoisotopic (exact) mass is 939 g/mol. The number of nitrogen functional groups attached to an aromatic ring is 1. The Bertz CT molecular complexity index is 2110. The summed E-state index contributed by atoms with van der Waals surface area (Å²) >= 11 is 0. The van der Waals surface area contributed by atoms with Gasteiger partial charge in [-0.3, -0.25) is 9.36 Å². The van der Waals surface area contributed by atoms with Crippen LogP contribution < -0.4 is 32.3 Å². The molecule has 68 heavy (non-hydrogen) atoms. The molecule has 2 amide bonds. The third kappa shape index (κ3) is 13.2. The van der Waals surface area contributed by atoms with Crippen LogP contribution in [0.25, 0.3) is 11.2 Å². The number of hydrogen-bond acceptors (Lipinski definition) is 11. The van der Waals surface area contributed by atoms with Crippen LogP contribution in [0.1, 0.15) is 160 Å². The molecule has 0 unspecified atom stereocenters. The number of nitrogens with two attached hydrogens (primary N) is 1. The molecule has 3 saturated carbocycles. The van der Waals surface area contributed by atoms with Crippen LogP contribution in [0.3, 0.4) is 0 Å². The van der Waals surface area contributed by atoms with Crippen molar-refractivity contribution in [1.82, 2.24) is 40.8 Å².